The van der Waals surface area contributed by atoms with Crippen molar-refractivity contribution in [3.05, 3.63) is 64.4 Å². The van der Waals surface area contributed by atoms with Crippen molar-refractivity contribution in [2.45, 2.75) is 17.4 Å². The summed E-state index contributed by atoms with van der Waals surface area (Å²) in [6.45, 7) is 0. The quantitative estimate of drug-likeness (QED) is 0.471. The van der Waals surface area contributed by atoms with E-state index >= 15 is 0 Å². The van der Waals surface area contributed by atoms with Gasteiger partial charge in [-0.15, -0.1) is 11.8 Å². The van der Waals surface area contributed by atoms with Gasteiger partial charge < -0.3 is 0 Å². The monoisotopic (exact) mass is 354 g/mol. The first-order valence-electron chi connectivity index (χ1n) is 6.27. The molecule has 1 unspecified atom stereocenters. The predicted molar refractivity (Wildman–Crippen MR) is 86.1 cm³/mol. The fourth-order valence-electron chi connectivity index (χ4n) is 1.83. The Morgan fingerprint density at radius 3 is 2.60 bits per heavy atom. The van der Waals surface area contributed by atoms with Gasteiger partial charge in [-0.05, 0) is 36.2 Å². The van der Waals surface area contributed by atoms with Gasteiger partial charge in [0.25, 0.3) is 0 Å². The van der Waals surface area contributed by atoms with Crippen LogP contribution in [0.2, 0.25) is 0 Å². The number of hydrogen-bond donors (Lipinski definition) is 2. The molecule has 0 heterocycles. The molecular formula is C15H16BrFN2S. The molecule has 0 amide bonds. The van der Waals surface area contributed by atoms with Crippen LogP contribution < -0.4 is 11.3 Å². The van der Waals surface area contributed by atoms with E-state index in [0.717, 1.165) is 10.2 Å². The van der Waals surface area contributed by atoms with Crippen molar-refractivity contribution in [2.24, 2.45) is 5.84 Å². The summed E-state index contributed by atoms with van der Waals surface area (Å²) in [6, 6.07) is 15.2. The first kappa shape index (κ1) is 15.5. The smallest absolute Gasteiger partial charge is 0.127 e. The third-order valence-corrected chi connectivity index (χ3v) is 4.58. The van der Waals surface area contributed by atoms with Gasteiger partial charge in [-0.1, -0.05) is 40.2 Å². The second-order valence-corrected chi connectivity index (χ2v) is 6.44. The van der Waals surface area contributed by atoms with E-state index in [1.807, 2.05) is 24.3 Å². The Kier molecular flexibility index (Phi) is 6.04. The molecule has 0 spiro atoms. The topological polar surface area (TPSA) is 38.0 Å². The standard InChI is InChI=1S/C15H16BrFN2S/c16-12-7-6-11(15(17)9-12)8-13(19-18)10-20-14-4-2-1-3-5-14/h1-7,9,13,19H,8,10,18H2. The molecule has 2 aromatic rings. The minimum Gasteiger partial charge on any atom is -0.271 e. The highest BCUT2D eigenvalue weighted by Crippen LogP contribution is 2.21. The second-order valence-electron chi connectivity index (χ2n) is 4.43. The summed E-state index contributed by atoms with van der Waals surface area (Å²) in [4.78, 5) is 1.18. The number of nitrogens with one attached hydrogen (secondary N) is 1. The molecule has 2 rings (SSSR count). The van der Waals surface area contributed by atoms with Crippen LogP contribution in [0.15, 0.2) is 57.9 Å². The zero-order valence-corrected chi connectivity index (χ0v) is 13.3. The van der Waals surface area contributed by atoms with E-state index in [9.17, 15) is 4.39 Å². The van der Waals surface area contributed by atoms with Gasteiger partial charge in [0.2, 0.25) is 0 Å². The lowest BCUT2D eigenvalue weighted by Gasteiger charge is -2.16. The molecule has 106 valence electrons. The number of halogens is 2. The SMILES string of the molecule is NNC(CSc1ccccc1)Cc1ccc(Br)cc1F. The summed E-state index contributed by atoms with van der Waals surface area (Å²) in [5, 5.41) is 0. The third-order valence-electron chi connectivity index (χ3n) is 2.91. The molecule has 1 atom stereocenters. The van der Waals surface area contributed by atoms with Crippen LogP contribution in [-0.4, -0.2) is 11.8 Å². The normalized spacial score (nSPS) is 12.3. The predicted octanol–water partition coefficient (Wildman–Crippen LogP) is 3.75. The number of hydrazine groups is 1. The van der Waals surface area contributed by atoms with Crippen molar-refractivity contribution in [3.63, 3.8) is 0 Å². The summed E-state index contributed by atoms with van der Waals surface area (Å²) >= 11 is 4.96. The van der Waals surface area contributed by atoms with Gasteiger partial charge in [0.05, 0.1) is 0 Å². The number of benzene rings is 2. The Morgan fingerprint density at radius 2 is 1.95 bits per heavy atom. The molecule has 0 aliphatic rings. The van der Waals surface area contributed by atoms with E-state index in [1.165, 1.54) is 11.0 Å². The number of thioether (sulfide) groups is 1. The minimum atomic E-state index is -0.204. The third kappa shape index (κ3) is 4.59. The maximum Gasteiger partial charge on any atom is 0.127 e. The first-order valence-corrected chi connectivity index (χ1v) is 8.05. The molecule has 0 saturated heterocycles. The van der Waals surface area contributed by atoms with Crippen molar-refractivity contribution in [1.82, 2.24) is 5.43 Å². The van der Waals surface area contributed by atoms with Crippen molar-refractivity contribution < 1.29 is 4.39 Å². The highest BCUT2D eigenvalue weighted by molar-refractivity contribution is 9.10. The van der Waals surface area contributed by atoms with E-state index in [-0.39, 0.29) is 11.9 Å². The van der Waals surface area contributed by atoms with Crippen LogP contribution in [0.1, 0.15) is 5.56 Å². The summed E-state index contributed by atoms with van der Waals surface area (Å²) in [6.07, 6.45) is 0.565. The molecule has 0 saturated carbocycles. The van der Waals surface area contributed by atoms with Gasteiger partial charge in [0.15, 0.2) is 0 Å². The summed E-state index contributed by atoms with van der Waals surface area (Å²) < 4.78 is 14.6. The number of nitrogens with two attached hydrogens (primary N) is 1. The van der Waals surface area contributed by atoms with Gasteiger partial charge in [-0.25, -0.2) is 4.39 Å². The van der Waals surface area contributed by atoms with Crippen molar-refractivity contribution in [1.29, 1.82) is 0 Å². The molecule has 0 aliphatic heterocycles. The molecular weight excluding hydrogens is 339 g/mol. The van der Waals surface area contributed by atoms with Gasteiger partial charge in [-0.3, -0.25) is 11.3 Å². The molecule has 2 aromatic carbocycles. The van der Waals surface area contributed by atoms with Crippen LogP contribution in [0.25, 0.3) is 0 Å². The maximum atomic E-state index is 13.8. The second kappa shape index (κ2) is 7.78. The van der Waals surface area contributed by atoms with E-state index in [2.05, 4.69) is 33.5 Å². The lowest BCUT2D eigenvalue weighted by molar-refractivity contribution is 0.546. The van der Waals surface area contributed by atoms with Crippen LogP contribution in [-0.2, 0) is 6.42 Å². The Hall–Kier alpha value is -0.880. The van der Waals surface area contributed by atoms with Crippen LogP contribution in [0.5, 0.6) is 0 Å². The van der Waals surface area contributed by atoms with Gasteiger partial charge in [0.1, 0.15) is 5.82 Å². The minimum absolute atomic E-state index is 0.0240. The molecule has 2 nitrogen and oxygen atoms in total. The Labute approximate surface area is 131 Å². The highest BCUT2D eigenvalue weighted by atomic mass is 79.9. The Morgan fingerprint density at radius 1 is 1.20 bits per heavy atom. The summed E-state index contributed by atoms with van der Waals surface area (Å²) in [5.74, 6) is 6.15. The lowest BCUT2D eigenvalue weighted by Crippen LogP contribution is -2.38. The van der Waals surface area contributed by atoms with E-state index in [4.69, 9.17) is 5.84 Å². The number of rotatable bonds is 6. The zero-order chi connectivity index (χ0) is 14.4. The molecule has 0 radical (unpaired) electrons. The first-order chi connectivity index (χ1) is 9.69. The molecule has 0 aliphatic carbocycles. The molecule has 0 fully saturated rings. The maximum absolute atomic E-state index is 13.8. The average Bonchev–Trinajstić information content (AvgIpc) is 2.46. The lowest BCUT2D eigenvalue weighted by atomic mass is 10.1. The fourth-order valence-corrected chi connectivity index (χ4v) is 3.12. The van der Waals surface area contributed by atoms with E-state index in [0.29, 0.717) is 12.0 Å². The van der Waals surface area contributed by atoms with E-state index in [1.54, 1.807) is 17.8 Å². The fraction of sp³-hybridized carbons (Fsp3) is 0.200. The van der Waals surface area contributed by atoms with Gasteiger partial charge in [0, 0.05) is 21.2 Å². The molecule has 20 heavy (non-hydrogen) atoms. The summed E-state index contributed by atoms with van der Waals surface area (Å²) in [5.41, 5.74) is 3.43. The Bertz CT molecular complexity index is 551. The van der Waals surface area contributed by atoms with Crippen LogP contribution in [0, 0.1) is 5.82 Å². The molecule has 0 bridgehead atoms. The van der Waals surface area contributed by atoms with Crippen molar-refractivity contribution in [3.8, 4) is 0 Å². The van der Waals surface area contributed by atoms with Gasteiger partial charge in [-0.2, -0.15) is 0 Å². The van der Waals surface area contributed by atoms with Crippen molar-refractivity contribution >= 4 is 27.7 Å². The molecule has 3 N–H and O–H groups in total. The van der Waals surface area contributed by atoms with Gasteiger partial charge >= 0.3 is 0 Å². The Balaban J connectivity index is 1.95. The van der Waals surface area contributed by atoms with Crippen molar-refractivity contribution in [2.75, 3.05) is 5.75 Å². The van der Waals surface area contributed by atoms with Crippen LogP contribution in [0.3, 0.4) is 0 Å². The van der Waals surface area contributed by atoms with Crippen LogP contribution >= 0.6 is 27.7 Å². The number of hydrogen-bond acceptors (Lipinski definition) is 3. The average molecular weight is 355 g/mol. The molecule has 5 heteroatoms. The van der Waals surface area contributed by atoms with E-state index < -0.39 is 0 Å². The van der Waals surface area contributed by atoms with Crippen LogP contribution in [0.4, 0.5) is 4.39 Å². The summed E-state index contributed by atoms with van der Waals surface area (Å²) in [7, 11) is 0. The molecule has 0 aromatic heterocycles. The largest absolute Gasteiger partial charge is 0.271 e. The highest BCUT2D eigenvalue weighted by Gasteiger charge is 2.12. The zero-order valence-electron chi connectivity index (χ0n) is 10.9.